The number of amides is 1. The number of carbonyl (C=O) groups excluding carboxylic acids is 1. The van der Waals surface area contributed by atoms with Crippen LogP contribution in [0.5, 0.6) is 11.5 Å². The lowest BCUT2D eigenvalue weighted by atomic mass is 10.2. The SMILES string of the molecule is CCOc1cc(C=NN=C2NC(=O)C(CC(=O)O)S2)ccc1OCCn1ccnc1. The summed E-state index contributed by atoms with van der Waals surface area (Å²) >= 11 is 1.05. The maximum absolute atomic E-state index is 11.7. The molecule has 158 valence electrons. The summed E-state index contributed by atoms with van der Waals surface area (Å²) < 4.78 is 13.4. The molecule has 0 spiro atoms. The number of benzene rings is 1. The number of carbonyl (C=O) groups is 2. The molecule has 10 nitrogen and oxygen atoms in total. The first-order valence-electron chi connectivity index (χ1n) is 9.21. The molecule has 1 amide bonds. The Labute approximate surface area is 177 Å². The van der Waals surface area contributed by atoms with E-state index in [9.17, 15) is 9.59 Å². The summed E-state index contributed by atoms with van der Waals surface area (Å²) in [5.74, 6) is -0.212. The number of hydrogen-bond donors (Lipinski definition) is 2. The quantitative estimate of drug-likeness (QED) is 0.433. The van der Waals surface area contributed by atoms with Crippen molar-refractivity contribution in [2.45, 2.75) is 25.1 Å². The van der Waals surface area contributed by atoms with Crippen molar-refractivity contribution in [3.05, 3.63) is 42.5 Å². The molecule has 30 heavy (non-hydrogen) atoms. The van der Waals surface area contributed by atoms with Crippen molar-refractivity contribution >= 4 is 35.0 Å². The lowest BCUT2D eigenvalue weighted by molar-refractivity contribution is -0.138. The number of carboxylic acid groups (broad SMARTS) is 1. The van der Waals surface area contributed by atoms with E-state index in [0.717, 1.165) is 17.3 Å². The van der Waals surface area contributed by atoms with Gasteiger partial charge in [-0.15, -0.1) is 5.10 Å². The highest BCUT2D eigenvalue weighted by molar-refractivity contribution is 8.15. The molecule has 1 fully saturated rings. The van der Waals surface area contributed by atoms with Crippen LogP contribution in [-0.4, -0.2) is 56.4 Å². The fourth-order valence-corrected chi connectivity index (χ4v) is 3.48. The first-order chi connectivity index (χ1) is 14.5. The maximum atomic E-state index is 11.7. The Morgan fingerprint density at radius 3 is 3.00 bits per heavy atom. The molecule has 1 aliphatic heterocycles. The predicted molar refractivity (Wildman–Crippen MR) is 112 cm³/mol. The molecule has 11 heteroatoms. The summed E-state index contributed by atoms with van der Waals surface area (Å²) in [6.45, 7) is 3.49. The number of aliphatic carboxylic acids is 1. The highest BCUT2D eigenvalue weighted by Crippen LogP contribution is 2.28. The van der Waals surface area contributed by atoms with E-state index in [1.165, 1.54) is 6.21 Å². The number of aromatic nitrogens is 2. The van der Waals surface area contributed by atoms with Gasteiger partial charge in [-0.05, 0) is 30.7 Å². The van der Waals surface area contributed by atoms with Crippen molar-refractivity contribution < 1.29 is 24.2 Å². The van der Waals surface area contributed by atoms with Crippen molar-refractivity contribution in [2.24, 2.45) is 10.2 Å². The Hall–Kier alpha value is -3.34. The number of nitrogens with zero attached hydrogens (tertiary/aromatic N) is 4. The highest BCUT2D eigenvalue weighted by Gasteiger charge is 2.32. The lowest BCUT2D eigenvalue weighted by Gasteiger charge is -2.12. The van der Waals surface area contributed by atoms with Gasteiger partial charge in [0.1, 0.15) is 11.9 Å². The Morgan fingerprint density at radius 1 is 1.40 bits per heavy atom. The van der Waals surface area contributed by atoms with Crippen LogP contribution in [0.25, 0.3) is 0 Å². The van der Waals surface area contributed by atoms with Crippen molar-refractivity contribution in [1.29, 1.82) is 0 Å². The first kappa shape index (κ1) is 21.4. The molecule has 1 saturated heterocycles. The van der Waals surface area contributed by atoms with Crippen LogP contribution in [0.15, 0.2) is 47.1 Å². The number of amidine groups is 1. The Morgan fingerprint density at radius 2 is 2.27 bits per heavy atom. The second kappa shape index (κ2) is 10.4. The van der Waals surface area contributed by atoms with E-state index in [1.54, 1.807) is 24.7 Å². The van der Waals surface area contributed by atoms with Crippen LogP contribution >= 0.6 is 11.8 Å². The second-order valence-corrected chi connectivity index (χ2v) is 7.32. The van der Waals surface area contributed by atoms with E-state index in [0.29, 0.717) is 31.3 Å². The van der Waals surface area contributed by atoms with Crippen LogP contribution < -0.4 is 14.8 Å². The zero-order chi connectivity index (χ0) is 21.3. The molecule has 0 bridgehead atoms. The standard InChI is InChI=1S/C19H21N5O5S/c1-2-28-15-9-13(3-4-14(15)29-8-7-24-6-5-20-12-24)11-21-23-19-22-18(27)16(30-19)10-17(25)26/h3-6,9,11-12,16H,2,7-8,10H2,1H3,(H,25,26)(H,22,23,27). The minimum Gasteiger partial charge on any atom is -0.490 e. The van der Waals surface area contributed by atoms with Crippen LogP contribution in [-0.2, 0) is 16.1 Å². The molecule has 2 heterocycles. The van der Waals surface area contributed by atoms with E-state index in [1.807, 2.05) is 23.8 Å². The number of rotatable bonds is 10. The van der Waals surface area contributed by atoms with E-state index < -0.39 is 11.2 Å². The first-order valence-corrected chi connectivity index (χ1v) is 10.1. The van der Waals surface area contributed by atoms with Crippen LogP contribution in [0.4, 0.5) is 0 Å². The molecule has 1 aliphatic rings. The van der Waals surface area contributed by atoms with Crippen LogP contribution in [0.3, 0.4) is 0 Å². The third-order valence-corrected chi connectivity index (χ3v) is 5.00. The van der Waals surface area contributed by atoms with Gasteiger partial charge in [-0.2, -0.15) is 5.10 Å². The van der Waals surface area contributed by atoms with Gasteiger partial charge in [0, 0.05) is 12.4 Å². The molecular weight excluding hydrogens is 410 g/mol. The smallest absolute Gasteiger partial charge is 0.305 e. The van der Waals surface area contributed by atoms with Gasteiger partial charge >= 0.3 is 5.97 Å². The summed E-state index contributed by atoms with van der Waals surface area (Å²) in [6, 6.07) is 5.39. The van der Waals surface area contributed by atoms with Gasteiger partial charge < -0.3 is 24.5 Å². The van der Waals surface area contributed by atoms with Gasteiger partial charge in [-0.1, -0.05) is 11.8 Å². The summed E-state index contributed by atoms with van der Waals surface area (Å²) in [4.78, 5) is 26.5. The molecule has 0 radical (unpaired) electrons. The average molecular weight is 431 g/mol. The van der Waals surface area contributed by atoms with Crippen LogP contribution in [0.1, 0.15) is 18.9 Å². The second-order valence-electron chi connectivity index (χ2n) is 6.13. The van der Waals surface area contributed by atoms with E-state index >= 15 is 0 Å². The third-order valence-electron chi connectivity index (χ3n) is 3.93. The Kier molecular flexibility index (Phi) is 7.44. The minimum absolute atomic E-state index is 0.265. The van der Waals surface area contributed by atoms with Crippen LogP contribution in [0.2, 0.25) is 0 Å². The van der Waals surface area contributed by atoms with Gasteiger partial charge in [0.15, 0.2) is 16.7 Å². The molecule has 2 aromatic rings. The van der Waals surface area contributed by atoms with Crippen molar-refractivity contribution in [3.63, 3.8) is 0 Å². The number of imidazole rings is 1. The summed E-state index contributed by atoms with van der Waals surface area (Å²) in [5, 5.41) is 18.8. The zero-order valence-electron chi connectivity index (χ0n) is 16.2. The summed E-state index contributed by atoms with van der Waals surface area (Å²) in [5.41, 5.74) is 0.737. The fourth-order valence-electron chi connectivity index (χ4n) is 2.57. The van der Waals surface area contributed by atoms with E-state index in [4.69, 9.17) is 14.6 Å². The monoisotopic (exact) mass is 431 g/mol. The largest absolute Gasteiger partial charge is 0.490 e. The summed E-state index contributed by atoms with van der Waals surface area (Å²) in [7, 11) is 0. The van der Waals surface area contributed by atoms with Crippen molar-refractivity contribution in [2.75, 3.05) is 13.2 Å². The Balaban J connectivity index is 1.61. The zero-order valence-corrected chi connectivity index (χ0v) is 17.0. The molecule has 2 N–H and O–H groups in total. The lowest BCUT2D eigenvalue weighted by Crippen LogP contribution is -2.26. The average Bonchev–Trinajstić information content (AvgIpc) is 3.33. The van der Waals surface area contributed by atoms with Gasteiger partial charge in [0.25, 0.3) is 0 Å². The van der Waals surface area contributed by atoms with Crippen LogP contribution in [0, 0.1) is 0 Å². The highest BCUT2D eigenvalue weighted by atomic mass is 32.2. The maximum Gasteiger partial charge on any atom is 0.305 e. The van der Waals surface area contributed by atoms with E-state index in [-0.39, 0.29) is 17.5 Å². The molecule has 1 atom stereocenters. The number of carboxylic acids is 1. The molecular formula is C19H21N5O5S. The topological polar surface area (TPSA) is 127 Å². The molecule has 1 aromatic heterocycles. The fraction of sp³-hybridized carbons (Fsp3) is 0.316. The minimum atomic E-state index is -1.04. The summed E-state index contributed by atoms with van der Waals surface area (Å²) in [6.07, 6.45) is 6.55. The van der Waals surface area contributed by atoms with Gasteiger partial charge in [-0.3, -0.25) is 9.59 Å². The van der Waals surface area contributed by atoms with E-state index in [2.05, 4.69) is 20.5 Å². The number of hydrogen-bond acceptors (Lipinski definition) is 8. The molecule has 3 rings (SSSR count). The predicted octanol–water partition coefficient (Wildman–Crippen LogP) is 1.76. The normalized spacial score (nSPS) is 17.4. The Bertz CT molecular complexity index is 945. The molecule has 0 aliphatic carbocycles. The van der Waals surface area contributed by atoms with Crippen molar-refractivity contribution in [1.82, 2.24) is 14.9 Å². The molecule has 1 unspecified atom stereocenters. The molecule has 1 aromatic carbocycles. The number of thioether (sulfide) groups is 1. The third kappa shape index (κ3) is 6.08. The van der Waals surface area contributed by atoms with Gasteiger partial charge in [-0.25, -0.2) is 4.98 Å². The molecule has 0 saturated carbocycles. The number of nitrogens with one attached hydrogen (secondary N) is 1. The van der Waals surface area contributed by atoms with Gasteiger partial charge in [0.05, 0.1) is 32.1 Å². The van der Waals surface area contributed by atoms with Crippen molar-refractivity contribution in [3.8, 4) is 11.5 Å². The van der Waals surface area contributed by atoms with Gasteiger partial charge in [0.2, 0.25) is 5.91 Å². The number of ether oxygens (including phenoxy) is 2.